The molecule has 104 valence electrons. The van der Waals surface area contributed by atoms with Crippen molar-refractivity contribution in [2.75, 3.05) is 0 Å². The molecule has 2 aromatic rings. The summed E-state index contributed by atoms with van der Waals surface area (Å²) in [6.45, 7) is 3.39. The average molecular weight is 278 g/mol. The van der Waals surface area contributed by atoms with Gasteiger partial charge in [-0.3, -0.25) is 14.8 Å². The molecule has 2 heterocycles. The van der Waals surface area contributed by atoms with Crippen LogP contribution in [0.4, 0.5) is 0 Å². The molecule has 0 saturated heterocycles. The zero-order valence-corrected chi connectivity index (χ0v) is 11.9. The van der Waals surface area contributed by atoms with E-state index in [1.807, 2.05) is 25.1 Å². The van der Waals surface area contributed by atoms with Crippen LogP contribution in [-0.4, -0.2) is 15.8 Å². The Kier molecular flexibility index (Phi) is 6.24. The van der Waals surface area contributed by atoms with Gasteiger partial charge in [-0.15, -0.1) is 0 Å². The summed E-state index contributed by atoms with van der Waals surface area (Å²) in [4.78, 5) is 18.3. The van der Waals surface area contributed by atoms with E-state index in [1.165, 1.54) is 13.1 Å². The third-order valence-corrected chi connectivity index (χ3v) is 2.63. The molecule has 0 aliphatic heterocycles. The van der Waals surface area contributed by atoms with Crippen molar-refractivity contribution in [3.8, 4) is 12.1 Å². The minimum atomic E-state index is 0.0534. The van der Waals surface area contributed by atoms with E-state index in [0.29, 0.717) is 17.5 Å². The minimum Gasteiger partial charge on any atom is -0.300 e. The van der Waals surface area contributed by atoms with E-state index in [9.17, 15) is 4.79 Å². The van der Waals surface area contributed by atoms with Crippen LogP contribution < -0.4 is 0 Å². The Morgan fingerprint density at radius 2 is 1.67 bits per heavy atom. The molecular weight excluding hydrogens is 264 g/mol. The fourth-order valence-corrected chi connectivity index (χ4v) is 1.53. The molecule has 5 nitrogen and oxygen atoms in total. The Labute approximate surface area is 123 Å². The van der Waals surface area contributed by atoms with E-state index in [4.69, 9.17) is 10.5 Å². The smallest absolute Gasteiger partial charge is 0.134 e. The van der Waals surface area contributed by atoms with Gasteiger partial charge in [-0.25, -0.2) is 0 Å². The molecule has 21 heavy (non-hydrogen) atoms. The predicted octanol–water partition coefficient (Wildman–Crippen LogP) is 2.35. The Bertz CT molecular complexity index is 711. The number of rotatable bonds is 2. The zero-order valence-electron chi connectivity index (χ0n) is 11.9. The first-order chi connectivity index (χ1) is 10.1. The summed E-state index contributed by atoms with van der Waals surface area (Å²) in [5, 5.41) is 17.1. The lowest BCUT2D eigenvalue weighted by atomic mass is 10.1. The summed E-state index contributed by atoms with van der Waals surface area (Å²) >= 11 is 0. The second-order valence-corrected chi connectivity index (χ2v) is 4.33. The highest BCUT2D eigenvalue weighted by Crippen LogP contribution is 2.06. The average Bonchev–Trinajstić information content (AvgIpc) is 2.48. The van der Waals surface area contributed by atoms with Gasteiger partial charge >= 0.3 is 0 Å². The Morgan fingerprint density at radius 1 is 1.10 bits per heavy atom. The van der Waals surface area contributed by atoms with Gasteiger partial charge in [-0.05, 0) is 37.1 Å². The Hall–Kier alpha value is -3.05. The number of pyridine rings is 2. The van der Waals surface area contributed by atoms with Gasteiger partial charge < -0.3 is 0 Å². The van der Waals surface area contributed by atoms with Crippen molar-refractivity contribution in [3.05, 3.63) is 59.2 Å². The predicted molar refractivity (Wildman–Crippen MR) is 77.0 cm³/mol. The van der Waals surface area contributed by atoms with Gasteiger partial charge in [0.15, 0.2) is 0 Å². The van der Waals surface area contributed by atoms with Crippen LogP contribution in [0.1, 0.15) is 29.2 Å². The molecule has 0 aliphatic carbocycles. The topological polar surface area (TPSA) is 90.4 Å². The monoisotopic (exact) mass is 278 g/mol. The van der Waals surface area contributed by atoms with Crippen LogP contribution >= 0.6 is 0 Å². The van der Waals surface area contributed by atoms with Crippen molar-refractivity contribution >= 4 is 5.78 Å². The molecule has 0 aromatic carbocycles. The van der Waals surface area contributed by atoms with E-state index in [2.05, 4.69) is 9.97 Å². The van der Waals surface area contributed by atoms with Crippen LogP contribution in [-0.2, 0) is 11.2 Å². The highest BCUT2D eigenvalue weighted by molar-refractivity contribution is 5.78. The number of carbonyl (C=O) groups is 1. The fraction of sp³-hybridized carbons (Fsp3) is 0.188. The maximum absolute atomic E-state index is 10.8. The first-order valence-electron chi connectivity index (χ1n) is 6.21. The second kappa shape index (κ2) is 8.19. The normalized spacial score (nSPS) is 8.76. The molecule has 0 fully saturated rings. The van der Waals surface area contributed by atoms with Crippen molar-refractivity contribution in [1.29, 1.82) is 10.5 Å². The molecule has 2 aromatic heterocycles. The fourth-order valence-electron chi connectivity index (χ4n) is 1.53. The largest absolute Gasteiger partial charge is 0.300 e. The maximum atomic E-state index is 10.8. The molecule has 5 heteroatoms. The van der Waals surface area contributed by atoms with Crippen LogP contribution in [0.15, 0.2) is 36.9 Å². The Morgan fingerprint density at radius 3 is 2.14 bits per heavy atom. The quantitative estimate of drug-likeness (QED) is 0.841. The van der Waals surface area contributed by atoms with Gasteiger partial charge in [0.1, 0.15) is 17.9 Å². The number of nitrogens with zero attached hydrogens (tertiary/aromatic N) is 4. The van der Waals surface area contributed by atoms with E-state index in [-0.39, 0.29) is 5.78 Å². The molecule has 0 bridgehead atoms. The van der Waals surface area contributed by atoms with Gasteiger partial charge in [0, 0.05) is 31.2 Å². The van der Waals surface area contributed by atoms with E-state index < -0.39 is 0 Å². The van der Waals surface area contributed by atoms with E-state index in [1.54, 1.807) is 24.7 Å². The van der Waals surface area contributed by atoms with Crippen molar-refractivity contribution < 1.29 is 4.79 Å². The number of aryl methyl sites for hydroxylation is 1. The van der Waals surface area contributed by atoms with Crippen molar-refractivity contribution in [2.45, 2.75) is 20.3 Å². The molecule has 0 N–H and O–H groups in total. The van der Waals surface area contributed by atoms with Crippen LogP contribution in [0.2, 0.25) is 0 Å². The SMILES string of the molecule is CC(=O)Cc1ccncc1C#N.Cc1ccncc1C#N. The van der Waals surface area contributed by atoms with Crippen LogP contribution in [0.25, 0.3) is 0 Å². The molecule has 0 radical (unpaired) electrons. The summed E-state index contributed by atoms with van der Waals surface area (Å²) in [5.74, 6) is 0.0534. The minimum absolute atomic E-state index is 0.0534. The number of hydrogen-bond donors (Lipinski definition) is 0. The van der Waals surface area contributed by atoms with Gasteiger partial charge in [-0.1, -0.05) is 0 Å². The van der Waals surface area contributed by atoms with E-state index >= 15 is 0 Å². The standard InChI is InChI=1S/C9H8N2O.C7H6N2/c1-7(12)4-8-2-3-11-6-9(8)5-10;1-6-2-3-9-5-7(6)4-8/h2-3,6H,4H2,1H3;2-3,5H,1H3. The maximum Gasteiger partial charge on any atom is 0.134 e. The summed E-state index contributed by atoms with van der Waals surface area (Å²) in [7, 11) is 0. The number of carbonyl (C=O) groups excluding carboxylic acids is 1. The highest BCUT2D eigenvalue weighted by atomic mass is 16.1. The van der Waals surface area contributed by atoms with E-state index in [0.717, 1.165) is 11.1 Å². The zero-order chi connectivity index (χ0) is 15.7. The van der Waals surface area contributed by atoms with Crippen LogP contribution in [0.3, 0.4) is 0 Å². The molecule has 0 spiro atoms. The first kappa shape index (κ1) is 16.0. The van der Waals surface area contributed by atoms with Crippen molar-refractivity contribution in [3.63, 3.8) is 0 Å². The van der Waals surface area contributed by atoms with Gasteiger partial charge in [0.2, 0.25) is 0 Å². The van der Waals surface area contributed by atoms with Gasteiger partial charge in [0.05, 0.1) is 11.1 Å². The molecule has 0 amide bonds. The Balaban J connectivity index is 0.000000219. The third-order valence-electron chi connectivity index (χ3n) is 2.63. The van der Waals surface area contributed by atoms with Crippen LogP contribution in [0.5, 0.6) is 0 Å². The molecular formula is C16H14N4O. The molecule has 0 unspecified atom stereocenters. The number of Topliss-reactive ketones (excluding diaryl/α,β-unsaturated/α-hetero) is 1. The molecule has 0 aliphatic rings. The summed E-state index contributed by atoms with van der Waals surface area (Å²) < 4.78 is 0. The molecule has 2 rings (SSSR count). The molecule has 0 atom stereocenters. The van der Waals surface area contributed by atoms with Crippen molar-refractivity contribution in [1.82, 2.24) is 9.97 Å². The summed E-state index contributed by atoms with van der Waals surface area (Å²) in [6, 6.07) is 7.53. The van der Waals surface area contributed by atoms with Gasteiger partial charge in [-0.2, -0.15) is 10.5 Å². The number of nitriles is 2. The lowest BCUT2D eigenvalue weighted by Crippen LogP contribution is -1.99. The summed E-state index contributed by atoms with van der Waals surface area (Å²) in [6.07, 6.45) is 6.61. The lowest BCUT2D eigenvalue weighted by Gasteiger charge is -1.97. The van der Waals surface area contributed by atoms with Gasteiger partial charge in [0.25, 0.3) is 0 Å². The van der Waals surface area contributed by atoms with Crippen LogP contribution in [0, 0.1) is 29.6 Å². The number of ketones is 1. The lowest BCUT2D eigenvalue weighted by molar-refractivity contribution is -0.116. The second-order valence-electron chi connectivity index (χ2n) is 4.33. The first-order valence-corrected chi connectivity index (χ1v) is 6.21. The molecule has 0 saturated carbocycles. The third kappa shape index (κ3) is 5.22. The number of hydrogen-bond acceptors (Lipinski definition) is 5. The number of aromatic nitrogens is 2. The van der Waals surface area contributed by atoms with Crippen molar-refractivity contribution in [2.24, 2.45) is 0 Å². The summed E-state index contributed by atoms with van der Waals surface area (Å²) in [5.41, 5.74) is 2.86. The highest BCUT2D eigenvalue weighted by Gasteiger charge is 2.02.